The van der Waals surface area contributed by atoms with Crippen molar-refractivity contribution in [3.05, 3.63) is 71.1 Å². The quantitative estimate of drug-likeness (QED) is 0.422. The van der Waals surface area contributed by atoms with Crippen LogP contribution in [0.1, 0.15) is 22.3 Å². The van der Waals surface area contributed by atoms with E-state index in [-0.39, 0.29) is 24.0 Å². The van der Waals surface area contributed by atoms with Gasteiger partial charge in [0.2, 0.25) is 0 Å². The van der Waals surface area contributed by atoms with Gasteiger partial charge in [-0.2, -0.15) is 17.6 Å². The van der Waals surface area contributed by atoms with Gasteiger partial charge in [-0.25, -0.2) is 0 Å². The molecule has 0 bridgehead atoms. The van der Waals surface area contributed by atoms with Crippen LogP contribution >= 0.6 is 11.6 Å². The Morgan fingerprint density at radius 2 is 1.97 bits per heavy atom. The van der Waals surface area contributed by atoms with Gasteiger partial charge in [0.15, 0.2) is 5.88 Å². The van der Waals surface area contributed by atoms with Gasteiger partial charge in [-0.3, -0.25) is 4.79 Å². The number of halogens is 5. The van der Waals surface area contributed by atoms with Crippen LogP contribution in [0.15, 0.2) is 54.9 Å². The molecule has 0 spiro atoms. The third kappa shape index (κ3) is 5.64. The predicted octanol–water partition coefficient (Wildman–Crippen LogP) is 5.24. The summed E-state index contributed by atoms with van der Waals surface area (Å²) in [5.74, 6) is -0.419. The molecule has 1 saturated heterocycles. The number of para-hydroxylation sites is 1. The van der Waals surface area contributed by atoms with Gasteiger partial charge < -0.3 is 19.7 Å². The maximum Gasteiger partial charge on any atom is 0.461 e. The SMILES string of the molecule is C=C(NC1CCN(C(=O)c2ccccc2OC(F)(F)C(F)F)C1)Oc1cc(Cl)ccc1C. The molecule has 0 aliphatic carbocycles. The van der Waals surface area contributed by atoms with Crippen molar-refractivity contribution in [2.24, 2.45) is 0 Å². The number of hydrogen-bond acceptors (Lipinski definition) is 4. The first-order valence-corrected chi connectivity index (χ1v) is 10.1. The second kappa shape index (κ2) is 9.68. The Morgan fingerprint density at radius 1 is 1.25 bits per heavy atom. The highest BCUT2D eigenvalue weighted by Gasteiger charge is 2.45. The van der Waals surface area contributed by atoms with Gasteiger partial charge >= 0.3 is 12.5 Å². The molecule has 1 fully saturated rings. The summed E-state index contributed by atoms with van der Waals surface area (Å²) >= 11 is 5.98. The van der Waals surface area contributed by atoms with Gasteiger partial charge in [0.05, 0.1) is 5.56 Å². The number of carbonyl (C=O) groups is 1. The number of nitrogens with zero attached hydrogens (tertiary/aromatic N) is 1. The molecule has 10 heteroatoms. The van der Waals surface area contributed by atoms with Gasteiger partial charge in [-0.15, -0.1) is 0 Å². The Hall–Kier alpha value is -2.94. The van der Waals surface area contributed by atoms with Crippen LogP contribution in [-0.4, -0.2) is 42.5 Å². The van der Waals surface area contributed by atoms with Gasteiger partial charge in [0.1, 0.15) is 11.5 Å². The molecule has 1 N–H and O–H groups in total. The average molecular weight is 473 g/mol. The summed E-state index contributed by atoms with van der Waals surface area (Å²) in [5, 5.41) is 3.58. The zero-order valence-electron chi connectivity index (χ0n) is 17.1. The van der Waals surface area contributed by atoms with E-state index in [9.17, 15) is 22.4 Å². The lowest BCUT2D eigenvalue weighted by Crippen LogP contribution is -2.37. The van der Waals surface area contributed by atoms with E-state index in [4.69, 9.17) is 16.3 Å². The second-order valence-corrected chi connectivity index (χ2v) is 7.71. The molecule has 0 radical (unpaired) electrons. The van der Waals surface area contributed by atoms with Crippen LogP contribution in [0.5, 0.6) is 11.5 Å². The predicted molar refractivity (Wildman–Crippen MR) is 111 cm³/mol. The second-order valence-electron chi connectivity index (χ2n) is 7.28. The summed E-state index contributed by atoms with van der Waals surface area (Å²) in [7, 11) is 0. The number of likely N-dealkylation sites (tertiary alicyclic amines) is 1. The molecule has 1 amide bonds. The Labute approximate surface area is 187 Å². The molecule has 1 aliphatic heterocycles. The standard InChI is InChI=1S/C22H21ClF4N2O3/c1-13-7-8-15(23)11-19(13)31-14(2)28-16-9-10-29(12-16)20(30)17-5-3-4-6-18(17)32-22(26,27)21(24)25/h3-8,11,16,21,28H,2,9-10,12H2,1H3. The van der Waals surface area contributed by atoms with Crippen LogP contribution in [-0.2, 0) is 0 Å². The van der Waals surface area contributed by atoms with E-state index in [2.05, 4.69) is 16.6 Å². The molecule has 0 saturated carbocycles. The van der Waals surface area contributed by atoms with E-state index in [0.717, 1.165) is 11.6 Å². The van der Waals surface area contributed by atoms with Crippen LogP contribution in [0.25, 0.3) is 0 Å². The van der Waals surface area contributed by atoms with Crippen LogP contribution in [0.4, 0.5) is 17.6 Å². The molecule has 32 heavy (non-hydrogen) atoms. The summed E-state index contributed by atoms with van der Waals surface area (Å²) in [6.07, 6.45) is -8.20. The molecule has 172 valence electrons. The van der Waals surface area contributed by atoms with Crippen molar-refractivity contribution in [1.29, 1.82) is 0 Å². The van der Waals surface area contributed by atoms with Crippen LogP contribution in [0.2, 0.25) is 5.02 Å². The average Bonchev–Trinajstić information content (AvgIpc) is 3.18. The van der Waals surface area contributed by atoms with Crippen LogP contribution in [0, 0.1) is 6.92 Å². The fraction of sp³-hybridized carbons (Fsp3) is 0.318. The minimum Gasteiger partial charge on any atom is -0.442 e. The van der Waals surface area contributed by atoms with E-state index < -0.39 is 24.2 Å². The summed E-state index contributed by atoms with van der Waals surface area (Å²) in [6, 6.07) is 10.1. The molecule has 0 aromatic heterocycles. The van der Waals surface area contributed by atoms with Crippen molar-refractivity contribution >= 4 is 17.5 Å². The van der Waals surface area contributed by atoms with Crippen molar-refractivity contribution in [2.75, 3.05) is 13.1 Å². The minimum absolute atomic E-state index is 0.207. The van der Waals surface area contributed by atoms with Crippen molar-refractivity contribution in [3.8, 4) is 11.5 Å². The van der Waals surface area contributed by atoms with E-state index in [0.29, 0.717) is 23.7 Å². The van der Waals surface area contributed by atoms with E-state index in [1.807, 2.05) is 6.92 Å². The lowest BCUT2D eigenvalue weighted by molar-refractivity contribution is -0.253. The highest BCUT2D eigenvalue weighted by molar-refractivity contribution is 6.30. The molecule has 2 aromatic carbocycles. The van der Waals surface area contributed by atoms with Gasteiger partial charge in [-0.05, 0) is 49.8 Å². The Kier molecular flexibility index (Phi) is 7.18. The summed E-state index contributed by atoms with van der Waals surface area (Å²) in [6.45, 7) is 6.23. The topological polar surface area (TPSA) is 50.8 Å². The number of rotatable bonds is 8. The van der Waals surface area contributed by atoms with Gasteiger partial charge in [-0.1, -0.05) is 29.8 Å². The smallest absolute Gasteiger partial charge is 0.442 e. The molecule has 1 atom stereocenters. The number of nitrogens with one attached hydrogen (secondary N) is 1. The zero-order chi connectivity index (χ0) is 23.5. The van der Waals surface area contributed by atoms with E-state index >= 15 is 0 Å². The van der Waals surface area contributed by atoms with Crippen molar-refractivity contribution in [1.82, 2.24) is 10.2 Å². The first-order chi connectivity index (χ1) is 15.1. The lowest BCUT2D eigenvalue weighted by atomic mass is 10.1. The van der Waals surface area contributed by atoms with Crippen LogP contribution < -0.4 is 14.8 Å². The number of carbonyl (C=O) groups excluding carboxylic acids is 1. The summed E-state index contributed by atoms with van der Waals surface area (Å²) in [4.78, 5) is 14.3. The highest BCUT2D eigenvalue weighted by atomic mass is 35.5. The third-order valence-electron chi connectivity index (χ3n) is 4.84. The van der Waals surface area contributed by atoms with E-state index in [1.54, 1.807) is 18.2 Å². The zero-order valence-corrected chi connectivity index (χ0v) is 17.8. The third-order valence-corrected chi connectivity index (χ3v) is 5.08. The van der Waals surface area contributed by atoms with Gasteiger partial charge in [0, 0.05) is 24.2 Å². The molecule has 5 nitrogen and oxygen atoms in total. The number of ether oxygens (including phenoxy) is 2. The van der Waals surface area contributed by atoms with Gasteiger partial charge in [0.25, 0.3) is 5.91 Å². The molecule has 2 aromatic rings. The number of hydrogen-bond donors (Lipinski definition) is 1. The molecule has 1 heterocycles. The number of aryl methyl sites for hydroxylation is 1. The minimum atomic E-state index is -4.71. The molecule has 1 aliphatic rings. The summed E-state index contributed by atoms with van der Waals surface area (Å²) in [5.41, 5.74) is 0.635. The highest BCUT2D eigenvalue weighted by Crippen LogP contribution is 2.31. The Bertz CT molecular complexity index is 1000. The molecular weight excluding hydrogens is 452 g/mol. The van der Waals surface area contributed by atoms with Crippen LogP contribution in [0.3, 0.4) is 0 Å². The first-order valence-electron chi connectivity index (χ1n) is 9.69. The van der Waals surface area contributed by atoms with E-state index in [1.165, 1.54) is 23.1 Å². The monoisotopic (exact) mass is 472 g/mol. The lowest BCUT2D eigenvalue weighted by Gasteiger charge is -2.22. The van der Waals surface area contributed by atoms with Crippen molar-refractivity contribution in [2.45, 2.75) is 31.9 Å². The normalized spacial score (nSPS) is 16.2. The first kappa shape index (κ1) is 23.7. The Balaban J connectivity index is 1.63. The van der Waals surface area contributed by atoms with Crippen molar-refractivity contribution < 1.29 is 31.8 Å². The molecule has 1 unspecified atom stereocenters. The largest absolute Gasteiger partial charge is 0.461 e. The van der Waals surface area contributed by atoms with Crippen molar-refractivity contribution in [3.63, 3.8) is 0 Å². The fourth-order valence-electron chi connectivity index (χ4n) is 3.23. The number of benzene rings is 2. The maximum atomic E-state index is 13.4. The number of amides is 1. The maximum absolute atomic E-state index is 13.4. The summed E-state index contributed by atoms with van der Waals surface area (Å²) < 4.78 is 61.6. The molecule has 3 rings (SSSR count). The Morgan fingerprint density at radius 3 is 2.69 bits per heavy atom. The fourth-order valence-corrected chi connectivity index (χ4v) is 3.39. The number of alkyl halides is 4. The molecular formula is C22H21ClF4N2O3.